The molecule has 4 aromatic rings. The minimum absolute atomic E-state index is 0.0434. The highest BCUT2D eigenvalue weighted by Crippen LogP contribution is 2.40. The molecule has 0 bridgehead atoms. The van der Waals surface area contributed by atoms with Crippen molar-refractivity contribution in [2.45, 2.75) is 19.4 Å². The fourth-order valence-electron chi connectivity index (χ4n) is 5.01. The quantitative estimate of drug-likeness (QED) is 0.374. The Hall–Kier alpha value is -4.17. The van der Waals surface area contributed by atoms with Crippen molar-refractivity contribution >= 4 is 22.8 Å². The second kappa shape index (κ2) is 10.4. The van der Waals surface area contributed by atoms with E-state index in [4.69, 9.17) is 10.5 Å². The number of nitrogens with zero attached hydrogens (tertiary/aromatic N) is 5. The van der Waals surface area contributed by atoms with E-state index >= 15 is 0 Å². The Bertz CT molecular complexity index is 1430. The van der Waals surface area contributed by atoms with Gasteiger partial charge in [-0.1, -0.05) is 36.4 Å². The molecule has 2 aromatic carbocycles. The van der Waals surface area contributed by atoms with E-state index in [-0.39, 0.29) is 11.9 Å². The maximum absolute atomic E-state index is 12.7. The molecule has 1 amide bonds. The maximum Gasteiger partial charge on any atom is 0.246 e. The van der Waals surface area contributed by atoms with Gasteiger partial charge in [0.2, 0.25) is 5.91 Å². The lowest BCUT2D eigenvalue weighted by Gasteiger charge is -2.18. The third-order valence-electron chi connectivity index (χ3n) is 6.75. The largest absolute Gasteiger partial charge is 0.457 e. The van der Waals surface area contributed by atoms with Crippen LogP contribution < -0.4 is 10.5 Å². The minimum Gasteiger partial charge on any atom is -0.457 e. The second-order valence-corrected chi connectivity index (χ2v) is 9.62. The van der Waals surface area contributed by atoms with Crippen molar-refractivity contribution in [1.82, 2.24) is 24.3 Å². The summed E-state index contributed by atoms with van der Waals surface area (Å²) < 4.78 is 8.20. The molecular formula is C29H32N6O2. The summed E-state index contributed by atoms with van der Waals surface area (Å²) in [6, 6.07) is 17.8. The van der Waals surface area contributed by atoms with Crippen LogP contribution in [0, 0.1) is 6.92 Å². The Morgan fingerprint density at radius 3 is 2.57 bits per heavy atom. The van der Waals surface area contributed by atoms with E-state index < -0.39 is 0 Å². The van der Waals surface area contributed by atoms with Crippen LogP contribution in [0.1, 0.15) is 18.2 Å². The van der Waals surface area contributed by atoms with Gasteiger partial charge in [0.25, 0.3) is 0 Å². The van der Waals surface area contributed by atoms with Gasteiger partial charge in [0.15, 0.2) is 0 Å². The summed E-state index contributed by atoms with van der Waals surface area (Å²) in [6.45, 7) is 4.16. The minimum atomic E-state index is 0.0434. The molecule has 1 atom stereocenters. The lowest BCUT2D eigenvalue weighted by Crippen LogP contribution is -2.27. The number of para-hydroxylation sites is 1. The van der Waals surface area contributed by atoms with Crippen molar-refractivity contribution in [2.75, 3.05) is 39.5 Å². The van der Waals surface area contributed by atoms with Crippen LogP contribution in [-0.2, 0) is 4.79 Å². The number of hydrogen-bond acceptors (Lipinski definition) is 6. The Kier molecular flexibility index (Phi) is 6.92. The molecule has 2 aromatic heterocycles. The van der Waals surface area contributed by atoms with Gasteiger partial charge in [-0.25, -0.2) is 9.97 Å². The molecule has 0 saturated carbocycles. The van der Waals surface area contributed by atoms with Crippen LogP contribution in [0.15, 0.2) is 73.1 Å². The van der Waals surface area contributed by atoms with Crippen LogP contribution in [0.4, 0.5) is 5.82 Å². The highest BCUT2D eigenvalue weighted by Gasteiger charge is 2.31. The number of benzene rings is 2. The predicted molar refractivity (Wildman–Crippen MR) is 147 cm³/mol. The van der Waals surface area contributed by atoms with Crippen LogP contribution in [-0.4, -0.2) is 64.0 Å². The summed E-state index contributed by atoms with van der Waals surface area (Å²) in [7, 11) is 3.96. The van der Waals surface area contributed by atoms with Gasteiger partial charge in [-0.3, -0.25) is 4.79 Å². The van der Waals surface area contributed by atoms with Crippen LogP contribution >= 0.6 is 0 Å². The molecule has 1 aliphatic rings. The van der Waals surface area contributed by atoms with E-state index in [1.54, 1.807) is 6.08 Å². The number of carbonyl (C=O) groups excluding carboxylic acids is 1. The first kappa shape index (κ1) is 24.5. The smallest absolute Gasteiger partial charge is 0.246 e. The summed E-state index contributed by atoms with van der Waals surface area (Å²) in [5.41, 5.74) is 10.3. The molecule has 2 N–H and O–H groups in total. The monoisotopic (exact) mass is 496 g/mol. The number of rotatable bonds is 7. The van der Waals surface area contributed by atoms with Gasteiger partial charge in [-0.05, 0) is 57.3 Å². The first-order valence-corrected chi connectivity index (χ1v) is 12.5. The average molecular weight is 497 g/mol. The normalized spacial score (nSPS) is 15.8. The maximum atomic E-state index is 12.7. The van der Waals surface area contributed by atoms with Gasteiger partial charge in [-0.15, -0.1) is 0 Å². The molecule has 8 nitrogen and oxygen atoms in total. The molecule has 190 valence electrons. The lowest BCUT2D eigenvalue weighted by atomic mass is 10.0. The van der Waals surface area contributed by atoms with Crippen LogP contribution in [0.5, 0.6) is 11.5 Å². The zero-order valence-electron chi connectivity index (χ0n) is 21.5. The van der Waals surface area contributed by atoms with E-state index in [0.29, 0.717) is 18.9 Å². The standard InChI is InChI=1S/C29H32N6O2/c1-20-26(21-11-13-24(14-12-21)37-23-8-5-4-6-9-23)27-28(30)31-19-32-29(27)35(20)22-15-17-34(18-22)25(36)10-7-16-33(2)3/h4-14,19,22H,15-18H2,1-3H3,(H2,30,31,32)/t22-/m1/s1. The molecule has 0 aliphatic carbocycles. The van der Waals surface area contributed by atoms with E-state index in [9.17, 15) is 4.79 Å². The number of anilines is 1. The lowest BCUT2D eigenvalue weighted by molar-refractivity contribution is -0.125. The SMILES string of the molecule is Cc1c(-c2ccc(Oc3ccccc3)cc2)c2c(N)ncnc2n1[C@@H]1CCN(C(=O)C=CCN(C)C)C1. The number of carbonyl (C=O) groups is 1. The van der Waals surface area contributed by atoms with Gasteiger partial charge < -0.3 is 24.8 Å². The third-order valence-corrected chi connectivity index (χ3v) is 6.75. The molecule has 0 radical (unpaired) electrons. The number of aromatic nitrogens is 3. The molecule has 8 heteroatoms. The van der Waals surface area contributed by atoms with Crippen molar-refractivity contribution in [3.05, 3.63) is 78.8 Å². The molecule has 3 heterocycles. The van der Waals surface area contributed by atoms with E-state index in [2.05, 4.69) is 21.5 Å². The van der Waals surface area contributed by atoms with Crippen LogP contribution in [0.2, 0.25) is 0 Å². The summed E-state index contributed by atoms with van der Waals surface area (Å²) in [6.07, 6.45) is 5.94. The summed E-state index contributed by atoms with van der Waals surface area (Å²) >= 11 is 0. The first-order chi connectivity index (χ1) is 17.9. The molecule has 1 fully saturated rings. The Labute approximate surface area is 217 Å². The number of fused-ring (bicyclic) bond motifs is 1. The van der Waals surface area contributed by atoms with Gasteiger partial charge >= 0.3 is 0 Å². The Morgan fingerprint density at radius 2 is 1.84 bits per heavy atom. The number of ether oxygens (including phenoxy) is 1. The molecule has 37 heavy (non-hydrogen) atoms. The molecule has 5 rings (SSSR count). The van der Waals surface area contributed by atoms with E-state index in [0.717, 1.165) is 52.3 Å². The third kappa shape index (κ3) is 5.06. The highest BCUT2D eigenvalue weighted by molar-refractivity contribution is 6.02. The highest BCUT2D eigenvalue weighted by atomic mass is 16.5. The fraction of sp³-hybridized carbons (Fsp3) is 0.276. The van der Waals surface area contributed by atoms with E-state index in [1.165, 1.54) is 6.33 Å². The number of hydrogen-bond donors (Lipinski definition) is 1. The van der Waals surface area contributed by atoms with Crippen molar-refractivity contribution in [3.63, 3.8) is 0 Å². The molecule has 0 unspecified atom stereocenters. The second-order valence-electron chi connectivity index (χ2n) is 9.62. The summed E-state index contributed by atoms with van der Waals surface area (Å²) in [5, 5.41) is 0.840. The van der Waals surface area contributed by atoms with Crippen LogP contribution in [0.3, 0.4) is 0 Å². The van der Waals surface area contributed by atoms with Gasteiger partial charge in [-0.2, -0.15) is 0 Å². The number of likely N-dealkylation sites (tertiary alicyclic amines) is 1. The summed E-state index contributed by atoms with van der Waals surface area (Å²) in [5.74, 6) is 2.04. The van der Waals surface area contributed by atoms with Crippen molar-refractivity contribution in [3.8, 4) is 22.6 Å². The van der Waals surface area contributed by atoms with Gasteiger partial charge in [0, 0.05) is 37.0 Å². The molecule has 1 saturated heterocycles. The first-order valence-electron chi connectivity index (χ1n) is 12.5. The molecule has 0 spiro atoms. The van der Waals surface area contributed by atoms with Gasteiger partial charge in [0.05, 0.1) is 11.4 Å². The average Bonchev–Trinajstić information content (AvgIpc) is 3.48. The Morgan fingerprint density at radius 1 is 1.11 bits per heavy atom. The Balaban J connectivity index is 1.45. The van der Waals surface area contributed by atoms with Gasteiger partial charge in [0.1, 0.15) is 29.3 Å². The van der Waals surface area contributed by atoms with Crippen molar-refractivity contribution in [2.24, 2.45) is 0 Å². The predicted octanol–water partition coefficient (Wildman–Crippen LogP) is 4.67. The number of likely N-dealkylation sites (N-methyl/N-ethyl adjacent to an activating group) is 1. The number of nitrogens with two attached hydrogens (primary N) is 1. The fourth-order valence-corrected chi connectivity index (χ4v) is 5.01. The van der Waals surface area contributed by atoms with Crippen molar-refractivity contribution < 1.29 is 9.53 Å². The number of nitrogen functional groups attached to an aromatic ring is 1. The molecule has 1 aliphatic heterocycles. The van der Waals surface area contributed by atoms with Crippen LogP contribution in [0.25, 0.3) is 22.2 Å². The zero-order chi connectivity index (χ0) is 25.9. The topological polar surface area (TPSA) is 89.5 Å². The zero-order valence-corrected chi connectivity index (χ0v) is 21.5. The number of amides is 1. The van der Waals surface area contributed by atoms with Crippen molar-refractivity contribution in [1.29, 1.82) is 0 Å². The summed E-state index contributed by atoms with van der Waals surface area (Å²) in [4.78, 5) is 25.6. The molecular weight excluding hydrogens is 464 g/mol. The van der Waals surface area contributed by atoms with E-state index in [1.807, 2.05) is 84.6 Å².